The van der Waals surface area contributed by atoms with Gasteiger partial charge in [-0.15, -0.1) is 0 Å². The van der Waals surface area contributed by atoms with Crippen molar-refractivity contribution in [3.63, 3.8) is 0 Å². The molecule has 0 aliphatic heterocycles. The summed E-state index contributed by atoms with van der Waals surface area (Å²) in [5.74, 6) is -0.511. The molecule has 0 saturated carbocycles. The normalized spacial score (nSPS) is 14.1. The van der Waals surface area contributed by atoms with Crippen molar-refractivity contribution < 1.29 is 37.3 Å². The molecule has 74 heavy (non-hydrogen) atoms. The highest BCUT2D eigenvalue weighted by molar-refractivity contribution is 7.47. The van der Waals surface area contributed by atoms with Crippen LogP contribution in [0.2, 0.25) is 0 Å². The number of nitrogens with zero attached hydrogens (tertiary/aromatic N) is 1. The van der Waals surface area contributed by atoms with Crippen LogP contribution in [-0.2, 0) is 27.9 Å². The molecule has 0 spiro atoms. The van der Waals surface area contributed by atoms with E-state index in [9.17, 15) is 19.0 Å². The second kappa shape index (κ2) is 54.1. The smallest absolute Gasteiger partial charge is 0.456 e. The first-order chi connectivity index (χ1) is 35.9. The Balaban J connectivity index is 5.21. The molecule has 0 rings (SSSR count). The molecule has 0 aromatic rings. The zero-order valence-electron chi connectivity index (χ0n) is 49.3. The summed E-state index contributed by atoms with van der Waals surface area (Å²) in [6.07, 6.45) is 67.8. The minimum Gasteiger partial charge on any atom is -0.456 e. The van der Waals surface area contributed by atoms with Crippen molar-refractivity contribution in [2.75, 3.05) is 40.9 Å². The zero-order valence-corrected chi connectivity index (χ0v) is 50.2. The maximum Gasteiger partial charge on any atom is 0.472 e. The Labute approximate surface area is 458 Å². The van der Waals surface area contributed by atoms with Crippen molar-refractivity contribution in [3.8, 4) is 0 Å². The van der Waals surface area contributed by atoms with Crippen molar-refractivity contribution in [2.24, 2.45) is 0 Å². The Kier molecular flexibility index (Phi) is 52.4. The molecule has 0 saturated heterocycles. The van der Waals surface area contributed by atoms with Crippen LogP contribution in [0.1, 0.15) is 284 Å². The molecule has 0 aromatic heterocycles. The lowest BCUT2D eigenvalue weighted by molar-refractivity contribution is -0.870. The predicted molar refractivity (Wildman–Crippen MR) is 318 cm³/mol. The molecule has 0 radical (unpaired) electrons. The monoisotopic (exact) mass is 1060 g/mol. The minimum atomic E-state index is -4.45. The summed E-state index contributed by atoms with van der Waals surface area (Å²) < 4.78 is 30.7. The molecule has 1 amide bonds. The molecule has 10 heteroatoms. The van der Waals surface area contributed by atoms with Gasteiger partial charge in [-0.2, -0.15) is 0 Å². The average molecular weight is 1060 g/mol. The topological polar surface area (TPSA) is 111 Å². The number of quaternary nitrogens is 1. The predicted octanol–water partition coefficient (Wildman–Crippen LogP) is 19.1. The lowest BCUT2D eigenvalue weighted by atomic mass is 10.0. The molecule has 0 aliphatic carbocycles. The molecule has 2 N–H and O–H groups in total. The number of carbonyl (C=O) groups is 2. The molecule has 0 aromatic carbocycles. The molecular formula is C64H120N2O7P+. The first-order valence-corrected chi connectivity index (χ1v) is 32.6. The van der Waals surface area contributed by atoms with E-state index in [-0.39, 0.29) is 31.5 Å². The van der Waals surface area contributed by atoms with E-state index in [1.165, 1.54) is 161 Å². The van der Waals surface area contributed by atoms with Crippen molar-refractivity contribution in [3.05, 3.63) is 60.8 Å². The van der Waals surface area contributed by atoms with Crippen LogP contribution in [0.3, 0.4) is 0 Å². The fourth-order valence-corrected chi connectivity index (χ4v) is 9.60. The van der Waals surface area contributed by atoms with E-state index in [0.29, 0.717) is 17.4 Å². The number of amides is 1. The number of carbonyl (C=O) groups excluding carboxylic acids is 2. The molecule has 432 valence electrons. The molecule has 0 heterocycles. The van der Waals surface area contributed by atoms with Crippen LogP contribution < -0.4 is 5.32 Å². The third-order valence-electron chi connectivity index (χ3n) is 13.7. The maximum atomic E-state index is 13.5. The van der Waals surface area contributed by atoms with E-state index in [4.69, 9.17) is 13.8 Å². The van der Waals surface area contributed by atoms with Crippen molar-refractivity contribution >= 4 is 19.7 Å². The first kappa shape index (κ1) is 71.7. The second-order valence-electron chi connectivity index (χ2n) is 22.2. The second-order valence-corrected chi connectivity index (χ2v) is 23.7. The lowest BCUT2D eigenvalue weighted by Gasteiger charge is -2.27. The Bertz CT molecular complexity index is 1450. The van der Waals surface area contributed by atoms with Gasteiger partial charge in [-0.25, -0.2) is 4.57 Å². The summed E-state index contributed by atoms with van der Waals surface area (Å²) in [5.41, 5.74) is 0. The van der Waals surface area contributed by atoms with Crippen LogP contribution in [0.15, 0.2) is 60.8 Å². The van der Waals surface area contributed by atoms with Gasteiger partial charge < -0.3 is 19.4 Å². The van der Waals surface area contributed by atoms with Gasteiger partial charge in [-0.3, -0.25) is 18.6 Å². The fourth-order valence-electron chi connectivity index (χ4n) is 8.87. The molecule has 0 aliphatic rings. The molecule has 3 unspecified atom stereocenters. The van der Waals surface area contributed by atoms with Gasteiger partial charge in [0.1, 0.15) is 19.3 Å². The fraction of sp³-hybridized carbons (Fsp3) is 0.812. The molecular weight excluding hydrogens is 940 g/mol. The summed E-state index contributed by atoms with van der Waals surface area (Å²) >= 11 is 0. The number of phosphoric acid groups is 1. The average Bonchev–Trinajstić information content (AvgIpc) is 3.36. The summed E-state index contributed by atoms with van der Waals surface area (Å²) in [5, 5.41) is 3.05. The quantitative estimate of drug-likeness (QED) is 0.0205. The van der Waals surface area contributed by atoms with Crippen molar-refractivity contribution in [1.82, 2.24) is 5.32 Å². The van der Waals surface area contributed by atoms with Crippen LogP contribution in [-0.4, -0.2) is 74.3 Å². The van der Waals surface area contributed by atoms with Crippen LogP contribution in [0.25, 0.3) is 0 Å². The van der Waals surface area contributed by atoms with E-state index in [2.05, 4.69) is 74.7 Å². The number of likely N-dealkylation sites (N-methyl/N-ethyl adjacent to an activating group) is 1. The van der Waals surface area contributed by atoms with Crippen molar-refractivity contribution in [2.45, 2.75) is 296 Å². The first-order valence-electron chi connectivity index (χ1n) is 31.1. The minimum absolute atomic E-state index is 0.0383. The van der Waals surface area contributed by atoms with Gasteiger partial charge in [0.2, 0.25) is 5.91 Å². The van der Waals surface area contributed by atoms with E-state index in [1.54, 1.807) is 0 Å². The largest absolute Gasteiger partial charge is 0.472 e. The zero-order chi connectivity index (χ0) is 54.3. The lowest BCUT2D eigenvalue weighted by Crippen LogP contribution is -2.47. The highest BCUT2D eigenvalue weighted by Crippen LogP contribution is 2.43. The standard InChI is InChI=1S/C64H119N2O7P/c1-7-10-13-16-19-22-25-28-29-30-31-32-33-34-35-36-37-39-42-45-48-51-54-57-64(68)73-62(55-52-49-46-43-40-27-24-21-18-15-12-9-3)61(60-72-74(69,70)71-59-58-66(4,5)6)65-63(67)56-53-50-47-44-41-38-26-23-20-17-14-11-8-2/h19,22,28-29,31-32,34-35,52,55,61-62H,7-18,20-21,23-27,30,33,36-51,53-54,56-60H2,1-6H3,(H-,65,67,69,70)/p+1/b22-19-,29-28-,32-31-,35-34-,55-52+. The van der Waals surface area contributed by atoms with Gasteiger partial charge in [0.15, 0.2) is 0 Å². The molecule has 9 nitrogen and oxygen atoms in total. The third-order valence-corrected chi connectivity index (χ3v) is 14.7. The number of hydrogen-bond donors (Lipinski definition) is 2. The molecule has 0 fully saturated rings. The summed E-state index contributed by atoms with van der Waals surface area (Å²) in [6, 6.07) is -0.851. The van der Waals surface area contributed by atoms with Crippen LogP contribution >= 0.6 is 7.82 Å². The third kappa shape index (κ3) is 54.5. The van der Waals surface area contributed by atoms with Gasteiger partial charge >= 0.3 is 13.8 Å². The number of ether oxygens (including phenoxy) is 1. The van der Waals surface area contributed by atoms with Crippen LogP contribution in [0, 0.1) is 0 Å². The van der Waals surface area contributed by atoms with Crippen LogP contribution in [0.5, 0.6) is 0 Å². The van der Waals surface area contributed by atoms with Gasteiger partial charge in [0, 0.05) is 12.8 Å². The Morgan fingerprint density at radius 1 is 0.473 bits per heavy atom. The van der Waals surface area contributed by atoms with Crippen LogP contribution in [0.4, 0.5) is 0 Å². The van der Waals surface area contributed by atoms with Gasteiger partial charge in [0.05, 0.1) is 33.8 Å². The molecule has 3 atom stereocenters. The number of hydrogen-bond acceptors (Lipinski definition) is 6. The molecule has 0 bridgehead atoms. The van der Waals surface area contributed by atoms with E-state index in [0.717, 1.165) is 89.9 Å². The number of rotatable bonds is 56. The van der Waals surface area contributed by atoms with Crippen molar-refractivity contribution in [1.29, 1.82) is 0 Å². The number of allylic oxidation sites excluding steroid dienone is 9. The summed E-state index contributed by atoms with van der Waals surface area (Å²) in [7, 11) is 1.49. The highest BCUT2D eigenvalue weighted by atomic mass is 31.2. The number of phosphoric ester groups is 1. The van der Waals surface area contributed by atoms with E-state index < -0.39 is 20.0 Å². The summed E-state index contributed by atoms with van der Waals surface area (Å²) in [4.78, 5) is 37.7. The highest BCUT2D eigenvalue weighted by Gasteiger charge is 2.30. The SMILES string of the molecule is CCCCC/C=C\C/C=C\C/C=C\C/C=C\CCCCCCCCCC(=O)OC(/C=C/CCCCCCCCCCCC)C(COP(=O)(O)OCC[N+](C)(C)C)NC(=O)CCCCCCCCCCCCCCC. The number of unbranched alkanes of at least 4 members (excludes halogenated alkanes) is 32. The number of esters is 1. The van der Waals surface area contributed by atoms with Gasteiger partial charge in [-0.05, 0) is 76.7 Å². The van der Waals surface area contributed by atoms with E-state index in [1.807, 2.05) is 33.3 Å². The Morgan fingerprint density at radius 3 is 1.26 bits per heavy atom. The Hall–Kier alpha value is -2.29. The number of nitrogens with one attached hydrogen (secondary N) is 1. The maximum absolute atomic E-state index is 13.5. The van der Waals surface area contributed by atoms with Gasteiger partial charge in [0.25, 0.3) is 0 Å². The Morgan fingerprint density at radius 2 is 0.824 bits per heavy atom. The van der Waals surface area contributed by atoms with E-state index >= 15 is 0 Å². The summed E-state index contributed by atoms with van der Waals surface area (Å²) in [6.45, 7) is 6.99. The van der Waals surface area contributed by atoms with Gasteiger partial charge in [-0.1, -0.05) is 255 Å².